The highest BCUT2D eigenvalue weighted by Crippen LogP contribution is 2.52. The quantitative estimate of drug-likeness (QED) is 0.0106. The number of anilines is 2. The van der Waals surface area contributed by atoms with Crippen molar-refractivity contribution in [2.75, 3.05) is 114 Å². The summed E-state index contributed by atoms with van der Waals surface area (Å²) in [7, 11) is -17.5. The van der Waals surface area contributed by atoms with E-state index < -0.39 is 68.7 Å². The lowest BCUT2D eigenvalue weighted by atomic mass is 9.75. The number of hydrogen-bond acceptors (Lipinski definition) is 19. The number of unbranched alkanes of at least 4 members (excludes halogenated alkanes) is 2. The van der Waals surface area contributed by atoms with Gasteiger partial charge in [-0.15, -0.1) is 0 Å². The summed E-state index contributed by atoms with van der Waals surface area (Å²) in [6.07, 6.45) is 14.6. The molecular formula is C84H106N7O19S4+. The molecule has 2 aliphatic carbocycles. The van der Waals surface area contributed by atoms with Crippen molar-refractivity contribution in [3.8, 4) is 5.69 Å². The molecule has 8 N–H and O–H groups in total. The number of fused-ring (bicyclic) bond motifs is 7. The Kier molecular flexibility index (Phi) is 28.1. The number of carbonyl (C=O) groups excluding carboxylic acids is 2. The zero-order chi connectivity index (χ0) is 82.0. The fraction of sp³-hybridized carbons (Fsp3) is 0.452. The first-order valence-electron chi connectivity index (χ1n) is 38.7. The number of nitrogens with zero attached hydrogens (tertiary/aromatic N) is 4. The van der Waals surface area contributed by atoms with Gasteiger partial charge in [-0.2, -0.15) is 43.3 Å². The number of Topliss-reactive ketones (excluding diaryl/α,β-unsaturated/α-hetero) is 1. The Morgan fingerprint density at radius 2 is 1.19 bits per heavy atom. The highest BCUT2D eigenvalue weighted by atomic mass is 32.2. The standard InChI is InChI=1S/C84H105N7O19S4/c1-57-77-73(54-82(2,3)55-74(77)92)91(88-57)64-25-28-69(81(85)93)70(53-64)87-36-14-40-107-42-44-109-46-48-110-47-45-108-43-41-106-39-13-35-86-56-58-17-19-61(20-18-58)78-59(23-33-75-83(4,5)79-67-29-26-65(113(100,101)102)51-62(67)21-31-71(79)89(75)37-8-10-49-111(94,95)96)15-12-16-60(78)24-34-76-84(6,7)80-68-30-27-66(114(103,104)105)52-63(68)22-32-72(80)90(76)38-9-11-50-112(97,98)99/h17-34,51-53,86H,8-16,35-50,54-56H2,1-7H3,(H6-,85,87,93,94,95,96,97,98,99,100,101,102,103,104,105)/p+1. The largest absolute Gasteiger partial charge is 0.384 e. The molecule has 0 radical (unpaired) electrons. The van der Waals surface area contributed by atoms with Crippen LogP contribution in [0.1, 0.15) is 160 Å². The first kappa shape index (κ1) is 86.7. The molecule has 2 aliphatic heterocycles. The monoisotopic (exact) mass is 1640 g/mol. The SMILES string of the molecule is Cc1nn(-c2ccc(C(N)=O)c(NCCCOCCOCCOCCOCCOCCCNCc3ccc(C4=C(/C=C/C5=[N+](CCCCS(=O)(=O)O)c6ccc7cc(S(=O)(=O)O)ccc7c6C5(C)C)CCC/C4=C\C=C4\N(CCCCS(=O)(=O)O)c5ccc6cc(S(=O)(=O)O)ccc6c5C4(C)C)cc3)c2)c2c1C(=O)CC(C)(C)C2. The molecule has 26 nitrogen and oxygen atoms in total. The van der Waals surface area contributed by atoms with Gasteiger partial charge in [0.25, 0.3) is 46.4 Å². The van der Waals surface area contributed by atoms with Gasteiger partial charge in [-0.3, -0.25) is 27.8 Å². The summed E-state index contributed by atoms with van der Waals surface area (Å²) in [6, 6.07) is 30.3. The van der Waals surface area contributed by atoms with E-state index in [1.54, 1.807) is 24.3 Å². The fourth-order valence-electron chi connectivity index (χ4n) is 16.1. The number of nitrogens with two attached hydrogens (primary N) is 1. The Balaban J connectivity index is 0.690. The van der Waals surface area contributed by atoms with E-state index in [1.807, 2.05) is 41.9 Å². The van der Waals surface area contributed by atoms with Crippen LogP contribution in [0.4, 0.5) is 17.1 Å². The topological polar surface area (TPSA) is 372 Å². The fourth-order valence-corrected chi connectivity index (χ4v) is 18.3. The van der Waals surface area contributed by atoms with E-state index in [2.05, 4.69) is 110 Å². The van der Waals surface area contributed by atoms with Crippen LogP contribution in [0.2, 0.25) is 0 Å². The van der Waals surface area contributed by atoms with Crippen LogP contribution in [0.5, 0.6) is 0 Å². The van der Waals surface area contributed by atoms with E-state index in [0.717, 1.165) is 96.8 Å². The minimum atomic E-state index is -4.51. The van der Waals surface area contributed by atoms with Crippen molar-refractivity contribution in [3.05, 3.63) is 189 Å². The molecule has 1 aromatic heterocycles. The molecule has 0 atom stereocenters. The van der Waals surface area contributed by atoms with Crippen molar-refractivity contribution in [1.82, 2.24) is 15.1 Å². The Labute approximate surface area is 668 Å². The minimum absolute atomic E-state index is 0.0945. The third-order valence-electron chi connectivity index (χ3n) is 21.4. The number of primary amides is 1. The summed E-state index contributed by atoms with van der Waals surface area (Å²) >= 11 is 0. The lowest BCUT2D eigenvalue weighted by Crippen LogP contribution is -2.28. The first-order chi connectivity index (χ1) is 54.0. The summed E-state index contributed by atoms with van der Waals surface area (Å²) in [5.41, 5.74) is 18.6. The van der Waals surface area contributed by atoms with Crippen LogP contribution in [0.15, 0.2) is 154 Å². The Morgan fingerprint density at radius 3 is 1.79 bits per heavy atom. The number of nitrogens with one attached hydrogen (secondary N) is 2. The maximum atomic E-state index is 13.0. The third kappa shape index (κ3) is 21.5. The molecule has 0 saturated carbocycles. The molecule has 7 aromatic rings. The average molecular weight is 1650 g/mol. The van der Waals surface area contributed by atoms with Crippen molar-refractivity contribution >= 4 is 102 Å². The van der Waals surface area contributed by atoms with Gasteiger partial charge in [-0.1, -0.05) is 82.3 Å². The molecule has 4 aliphatic rings. The van der Waals surface area contributed by atoms with Gasteiger partial charge in [0.05, 0.1) is 108 Å². The molecule has 614 valence electrons. The van der Waals surface area contributed by atoms with Crippen LogP contribution in [-0.2, 0) is 88.0 Å². The van der Waals surface area contributed by atoms with Crippen molar-refractivity contribution in [2.45, 2.75) is 146 Å². The molecule has 0 bridgehead atoms. The number of aromatic nitrogens is 2. The van der Waals surface area contributed by atoms with E-state index >= 15 is 0 Å². The van der Waals surface area contributed by atoms with Crippen LogP contribution < -0.4 is 21.3 Å². The van der Waals surface area contributed by atoms with Crippen LogP contribution in [0, 0.1) is 12.3 Å². The Bertz CT molecular complexity index is 5390. The first-order valence-corrected chi connectivity index (χ1v) is 44.8. The van der Waals surface area contributed by atoms with Gasteiger partial charge in [0.2, 0.25) is 5.69 Å². The molecule has 1 amide bonds. The van der Waals surface area contributed by atoms with Gasteiger partial charge in [-0.25, -0.2) is 4.68 Å². The van der Waals surface area contributed by atoms with E-state index in [0.29, 0.717) is 177 Å². The smallest absolute Gasteiger partial charge is 0.294 e. The van der Waals surface area contributed by atoms with Gasteiger partial charge >= 0.3 is 0 Å². The summed E-state index contributed by atoms with van der Waals surface area (Å²) in [5, 5.41) is 14.4. The number of carbonyl (C=O) groups is 2. The third-order valence-corrected chi connectivity index (χ3v) is 24.7. The molecule has 3 heterocycles. The number of rotatable bonds is 41. The maximum Gasteiger partial charge on any atom is 0.294 e. The number of allylic oxidation sites excluding steroid dienone is 8. The lowest BCUT2D eigenvalue weighted by Gasteiger charge is -2.29. The summed E-state index contributed by atoms with van der Waals surface area (Å²) < 4.78 is 169. The summed E-state index contributed by atoms with van der Waals surface area (Å²) in [6.45, 7) is 21.3. The van der Waals surface area contributed by atoms with E-state index in [1.165, 1.54) is 24.3 Å². The van der Waals surface area contributed by atoms with E-state index in [9.17, 15) is 61.5 Å². The summed E-state index contributed by atoms with van der Waals surface area (Å²) in [4.78, 5) is 27.0. The van der Waals surface area contributed by atoms with Crippen LogP contribution >= 0.6 is 0 Å². The molecular weight excluding hydrogens is 1540 g/mol. The normalized spacial score (nSPS) is 17.0. The molecule has 0 saturated heterocycles. The zero-order valence-corrected chi connectivity index (χ0v) is 69.1. The second-order valence-corrected chi connectivity index (χ2v) is 37.3. The molecule has 6 aromatic carbocycles. The average Bonchev–Trinajstić information content (AvgIpc) is 1.57. The highest BCUT2D eigenvalue weighted by molar-refractivity contribution is 7.86. The van der Waals surface area contributed by atoms with Crippen molar-refractivity contribution in [2.24, 2.45) is 11.1 Å². The van der Waals surface area contributed by atoms with Gasteiger partial charge < -0.3 is 45.0 Å². The van der Waals surface area contributed by atoms with Gasteiger partial charge in [0, 0.05) is 85.9 Å². The number of amides is 1. The van der Waals surface area contributed by atoms with Gasteiger partial charge in [0.15, 0.2) is 11.5 Å². The van der Waals surface area contributed by atoms with Crippen LogP contribution in [-0.4, -0.2) is 187 Å². The number of benzene rings is 6. The summed E-state index contributed by atoms with van der Waals surface area (Å²) in [5.74, 6) is -1.27. The number of hydrogen-bond donors (Lipinski definition) is 7. The molecule has 30 heteroatoms. The van der Waals surface area contributed by atoms with Crippen LogP contribution in [0.3, 0.4) is 0 Å². The Morgan fingerprint density at radius 1 is 0.614 bits per heavy atom. The van der Waals surface area contributed by atoms with E-state index in [4.69, 9.17) is 34.5 Å². The molecule has 0 unspecified atom stereocenters. The number of ketones is 1. The van der Waals surface area contributed by atoms with Crippen LogP contribution in [0.25, 0.3) is 32.8 Å². The lowest BCUT2D eigenvalue weighted by molar-refractivity contribution is -0.438. The van der Waals surface area contributed by atoms with Crippen molar-refractivity contribution < 1.29 is 89.7 Å². The second kappa shape index (κ2) is 37.0. The van der Waals surface area contributed by atoms with E-state index in [-0.39, 0.29) is 33.8 Å². The highest BCUT2D eigenvalue weighted by Gasteiger charge is 2.46. The molecule has 11 rings (SSSR count). The predicted molar refractivity (Wildman–Crippen MR) is 441 cm³/mol. The maximum absolute atomic E-state index is 13.0. The predicted octanol–water partition coefficient (Wildman–Crippen LogP) is 12.8. The number of aryl methyl sites for hydroxylation is 1. The van der Waals surface area contributed by atoms with Crippen molar-refractivity contribution in [1.29, 1.82) is 0 Å². The minimum Gasteiger partial charge on any atom is -0.384 e. The Hall–Kier alpha value is -8.18. The second-order valence-electron chi connectivity index (χ2n) is 31.3. The molecule has 114 heavy (non-hydrogen) atoms. The van der Waals surface area contributed by atoms with Gasteiger partial charge in [-0.05, 0) is 206 Å². The van der Waals surface area contributed by atoms with Gasteiger partial charge in [0.1, 0.15) is 6.54 Å². The number of ether oxygens (including phenoxy) is 5. The molecule has 0 fully saturated rings. The zero-order valence-electron chi connectivity index (χ0n) is 65.8. The molecule has 0 spiro atoms. The van der Waals surface area contributed by atoms with Crippen molar-refractivity contribution in [3.63, 3.8) is 0 Å².